The second-order valence-corrected chi connectivity index (χ2v) is 8.49. The predicted molar refractivity (Wildman–Crippen MR) is 97.0 cm³/mol. The fourth-order valence-corrected chi connectivity index (χ4v) is 6.11. The minimum Gasteiger partial charge on any atom is -0.369 e. The van der Waals surface area contributed by atoms with E-state index in [1.807, 2.05) is 19.0 Å². The van der Waals surface area contributed by atoms with Crippen LogP contribution in [0.2, 0.25) is 0 Å². The molecule has 128 valence electrons. The highest BCUT2D eigenvalue weighted by Crippen LogP contribution is 2.64. The second-order valence-electron chi connectivity index (χ2n) is 8.49. The SMILES string of the molecule is CN(C)C=NC(=O)CC1(c2ccccc2)C2CC3CC(C2)CC1C3. The van der Waals surface area contributed by atoms with E-state index >= 15 is 0 Å². The van der Waals surface area contributed by atoms with Crippen LogP contribution in [-0.4, -0.2) is 31.2 Å². The Hall–Kier alpha value is -1.64. The van der Waals surface area contributed by atoms with Crippen molar-refractivity contribution in [1.82, 2.24) is 4.90 Å². The summed E-state index contributed by atoms with van der Waals surface area (Å²) < 4.78 is 0. The minimum atomic E-state index is 0.0232. The van der Waals surface area contributed by atoms with Gasteiger partial charge in [0.05, 0.1) is 6.34 Å². The third-order valence-electron chi connectivity index (χ3n) is 6.78. The first kappa shape index (κ1) is 15.9. The zero-order valence-electron chi connectivity index (χ0n) is 14.8. The summed E-state index contributed by atoms with van der Waals surface area (Å²) in [6.07, 6.45) is 8.91. The average molecular weight is 324 g/mol. The fourth-order valence-electron chi connectivity index (χ4n) is 6.11. The van der Waals surface area contributed by atoms with Crippen molar-refractivity contribution >= 4 is 12.2 Å². The van der Waals surface area contributed by atoms with E-state index in [-0.39, 0.29) is 11.3 Å². The highest BCUT2D eigenvalue weighted by molar-refractivity contribution is 5.85. The second kappa shape index (κ2) is 6.02. The van der Waals surface area contributed by atoms with Crippen LogP contribution in [0.4, 0.5) is 0 Å². The molecular formula is C21H28N2O. The summed E-state index contributed by atoms with van der Waals surface area (Å²) in [6, 6.07) is 10.9. The van der Waals surface area contributed by atoms with E-state index < -0.39 is 0 Å². The van der Waals surface area contributed by atoms with Gasteiger partial charge in [-0.3, -0.25) is 4.79 Å². The van der Waals surface area contributed by atoms with Gasteiger partial charge in [-0.2, -0.15) is 0 Å². The van der Waals surface area contributed by atoms with Gasteiger partial charge in [-0.15, -0.1) is 0 Å². The van der Waals surface area contributed by atoms with Crippen molar-refractivity contribution < 1.29 is 4.79 Å². The van der Waals surface area contributed by atoms with Gasteiger partial charge in [0.15, 0.2) is 0 Å². The van der Waals surface area contributed by atoms with Crippen LogP contribution in [-0.2, 0) is 10.2 Å². The Bertz CT molecular complexity index is 606. The molecule has 0 aliphatic heterocycles. The molecule has 1 aromatic rings. The molecule has 4 aliphatic carbocycles. The molecule has 3 heteroatoms. The Morgan fingerprint density at radius 3 is 2.21 bits per heavy atom. The summed E-state index contributed by atoms with van der Waals surface area (Å²) in [6.45, 7) is 0. The Balaban J connectivity index is 1.70. The number of nitrogens with zero attached hydrogens (tertiary/aromatic N) is 2. The maximum atomic E-state index is 12.7. The van der Waals surface area contributed by atoms with Crippen molar-refractivity contribution in [2.75, 3.05) is 14.1 Å². The van der Waals surface area contributed by atoms with E-state index in [0.717, 1.165) is 11.8 Å². The normalized spacial score (nSPS) is 37.1. The van der Waals surface area contributed by atoms with Crippen LogP contribution >= 0.6 is 0 Å². The highest BCUT2D eigenvalue weighted by Gasteiger charge is 2.58. The van der Waals surface area contributed by atoms with Crippen LogP contribution in [0.25, 0.3) is 0 Å². The van der Waals surface area contributed by atoms with Crippen LogP contribution < -0.4 is 0 Å². The molecule has 0 spiro atoms. The molecule has 0 radical (unpaired) electrons. The van der Waals surface area contributed by atoms with Gasteiger partial charge in [0.2, 0.25) is 5.91 Å². The van der Waals surface area contributed by atoms with Gasteiger partial charge in [0, 0.05) is 25.9 Å². The quantitative estimate of drug-likeness (QED) is 0.622. The molecule has 4 bridgehead atoms. The van der Waals surface area contributed by atoms with Gasteiger partial charge in [-0.1, -0.05) is 30.3 Å². The van der Waals surface area contributed by atoms with Crippen molar-refractivity contribution in [1.29, 1.82) is 0 Å². The van der Waals surface area contributed by atoms with Gasteiger partial charge in [0.1, 0.15) is 0 Å². The summed E-state index contributed by atoms with van der Waals surface area (Å²) in [7, 11) is 3.82. The van der Waals surface area contributed by atoms with Crippen molar-refractivity contribution in [2.45, 2.75) is 43.9 Å². The van der Waals surface area contributed by atoms with E-state index in [0.29, 0.717) is 18.3 Å². The lowest BCUT2D eigenvalue weighted by atomic mass is 9.43. The lowest BCUT2D eigenvalue weighted by molar-refractivity contribution is -0.125. The van der Waals surface area contributed by atoms with E-state index in [1.54, 1.807) is 6.34 Å². The largest absolute Gasteiger partial charge is 0.369 e. The first-order valence-corrected chi connectivity index (χ1v) is 9.37. The molecular weight excluding hydrogens is 296 g/mol. The van der Waals surface area contributed by atoms with E-state index in [1.165, 1.54) is 37.7 Å². The number of rotatable bonds is 4. The van der Waals surface area contributed by atoms with Crippen LogP contribution in [0.3, 0.4) is 0 Å². The third kappa shape index (κ3) is 2.58. The van der Waals surface area contributed by atoms with E-state index in [4.69, 9.17) is 0 Å². The third-order valence-corrected chi connectivity index (χ3v) is 6.78. The molecule has 1 aromatic carbocycles. The van der Waals surface area contributed by atoms with Crippen LogP contribution in [0.1, 0.15) is 44.1 Å². The molecule has 0 saturated heterocycles. The molecule has 0 aromatic heterocycles. The maximum Gasteiger partial charge on any atom is 0.247 e. The standard InChI is InChI=1S/C21H28N2O/c1-23(2)14-22-20(24)13-21(17-6-4-3-5-7-17)18-9-15-8-16(11-18)12-19(21)10-15/h3-7,14-16,18-19H,8-13H2,1-2H3. The molecule has 0 atom stereocenters. The van der Waals surface area contributed by atoms with Gasteiger partial charge in [0.25, 0.3) is 0 Å². The summed E-state index contributed by atoms with van der Waals surface area (Å²) in [4.78, 5) is 18.7. The van der Waals surface area contributed by atoms with Crippen molar-refractivity contribution in [3.8, 4) is 0 Å². The van der Waals surface area contributed by atoms with Gasteiger partial charge in [-0.05, 0) is 61.3 Å². The van der Waals surface area contributed by atoms with E-state index in [2.05, 4.69) is 35.3 Å². The summed E-state index contributed by atoms with van der Waals surface area (Å²) in [5, 5.41) is 0. The van der Waals surface area contributed by atoms with Gasteiger partial charge < -0.3 is 4.90 Å². The molecule has 4 saturated carbocycles. The molecule has 4 aliphatic rings. The predicted octanol–water partition coefficient (Wildman–Crippen LogP) is 3.89. The lowest BCUT2D eigenvalue weighted by Gasteiger charge is -2.61. The topological polar surface area (TPSA) is 32.7 Å². The van der Waals surface area contributed by atoms with Crippen LogP contribution in [0.15, 0.2) is 35.3 Å². The minimum absolute atomic E-state index is 0.0232. The summed E-state index contributed by atoms with van der Waals surface area (Å²) in [5.74, 6) is 3.18. The highest BCUT2D eigenvalue weighted by atomic mass is 16.1. The summed E-state index contributed by atoms with van der Waals surface area (Å²) >= 11 is 0. The van der Waals surface area contributed by atoms with Gasteiger partial charge >= 0.3 is 0 Å². The molecule has 0 N–H and O–H groups in total. The number of aliphatic imine (C=N–C) groups is 1. The monoisotopic (exact) mass is 324 g/mol. The number of amides is 1. The zero-order valence-corrected chi connectivity index (χ0v) is 14.8. The number of carbonyl (C=O) groups excluding carboxylic acids is 1. The van der Waals surface area contributed by atoms with Gasteiger partial charge in [-0.25, -0.2) is 4.99 Å². The Labute approximate surface area is 145 Å². The van der Waals surface area contributed by atoms with Crippen LogP contribution in [0, 0.1) is 23.7 Å². The maximum absolute atomic E-state index is 12.7. The molecule has 24 heavy (non-hydrogen) atoms. The average Bonchev–Trinajstić information content (AvgIpc) is 2.56. The van der Waals surface area contributed by atoms with Crippen molar-refractivity contribution in [2.24, 2.45) is 28.7 Å². The van der Waals surface area contributed by atoms with Crippen molar-refractivity contribution in [3.63, 3.8) is 0 Å². The van der Waals surface area contributed by atoms with E-state index in [9.17, 15) is 4.79 Å². The fraction of sp³-hybridized carbons (Fsp3) is 0.619. The molecule has 5 rings (SSSR count). The molecule has 0 heterocycles. The Morgan fingerprint density at radius 1 is 1.08 bits per heavy atom. The first-order valence-electron chi connectivity index (χ1n) is 9.37. The lowest BCUT2D eigenvalue weighted by Crippen LogP contribution is -2.56. The zero-order chi connectivity index (χ0) is 16.7. The Kier molecular flexibility index (Phi) is 3.98. The number of benzene rings is 1. The molecule has 3 nitrogen and oxygen atoms in total. The van der Waals surface area contributed by atoms with Crippen LogP contribution in [0.5, 0.6) is 0 Å². The summed E-state index contributed by atoms with van der Waals surface area (Å²) in [5.41, 5.74) is 1.40. The van der Waals surface area contributed by atoms with Crippen molar-refractivity contribution in [3.05, 3.63) is 35.9 Å². The number of carbonyl (C=O) groups is 1. The molecule has 4 fully saturated rings. The number of hydrogen-bond donors (Lipinski definition) is 0. The Morgan fingerprint density at radius 2 is 1.67 bits per heavy atom. The molecule has 0 unspecified atom stereocenters. The molecule has 1 amide bonds. The smallest absolute Gasteiger partial charge is 0.247 e. The first-order chi connectivity index (χ1) is 11.6. The number of hydrogen-bond acceptors (Lipinski definition) is 1.